The predicted molar refractivity (Wildman–Crippen MR) is 27.3 cm³/mol. The summed E-state index contributed by atoms with van der Waals surface area (Å²) in [6.07, 6.45) is 0. The van der Waals surface area contributed by atoms with Crippen molar-refractivity contribution in [2.75, 3.05) is 0 Å². The molecule has 0 amide bonds. The van der Waals surface area contributed by atoms with Crippen molar-refractivity contribution in [3.8, 4) is 0 Å². The third kappa shape index (κ3) is 55.1. The second-order valence-electron chi connectivity index (χ2n) is 0.495. The Morgan fingerprint density at radius 2 is 0.857 bits per heavy atom. The average molecular weight is 268 g/mol. The first kappa shape index (κ1) is 16.3. The molecule has 0 aliphatic heterocycles. The van der Waals surface area contributed by atoms with Crippen LogP contribution in [0.5, 0.6) is 0 Å². The van der Waals surface area contributed by atoms with Crippen LogP contribution in [0.4, 0.5) is 17.3 Å². The molecule has 40 valence electrons. The molecular formula is H4BBaCaF4-. The second kappa shape index (κ2) is 6.73. The summed E-state index contributed by atoms with van der Waals surface area (Å²) < 4.78 is 39.0. The first-order valence-corrected chi connectivity index (χ1v) is 0.873. The van der Waals surface area contributed by atoms with Crippen molar-refractivity contribution >= 4 is 93.9 Å². The van der Waals surface area contributed by atoms with Gasteiger partial charge in [-0.3, -0.25) is 0 Å². The summed E-state index contributed by atoms with van der Waals surface area (Å²) in [4.78, 5) is 0. The molecule has 0 atom stereocenters. The van der Waals surface area contributed by atoms with E-state index in [1.807, 2.05) is 0 Å². The van der Waals surface area contributed by atoms with Crippen LogP contribution in [0.25, 0.3) is 0 Å². The Kier molecular flexibility index (Phi) is 15.7. The summed E-state index contributed by atoms with van der Waals surface area (Å²) in [6.45, 7) is 0. The number of rotatable bonds is 0. The van der Waals surface area contributed by atoms with Gasteiger partial charge >= 0.3 is 93.9 Å². The summed E-state index contributed by atoms with van der Waals surface area (Å²) >= 11 is 0. The third-order valence-electron chi connectivity index (χ3n) is 0. The van der Waals surface area contributed by atoms with Gasteiger partial charge in [0.2, 0.25) is 0 Å². The first-order valence-electron chi connectivity index (χ1n) is 0.873. The van der Waals surface area contributed by atoms with E-state index in [0.29, 0.717) is 0 Å². The molecule has 0 aromatic heterocycles. The monoisotopic (exact) mass is 269 g/mol. The Balaban J connectivity index is -0.0000000800. The number of hydrogen-bond acceptors (Lipinski definition) is 0. The molecule has 0 aliphatic carbocycles. The Morgan fingerprint density at radius 1 is 0.857 bits per heavy atom. The van der Waals surface area contributed by atoms with Gasteiger partial charge in [0.05, 0.1) is 0 Å². The molecule has 0 nitrogen and oxygen atoms in total. The van der Waals surface area contributed by atoms with Crippen LogP contribution in [0.2, 0.25) is 0 Å². The van der Waals surface area contributed by atoms with Gasteiger partial charge in [-0.2, -0.15) is 0 Å². The molecule has 0 saturated heterocycles. The standard InChI is InChI=1S/BF4.Ba.Ca.4H/c2-1(3,4)5;;;;;;/q-1;;;;;;. The molecule has 0 heterocycles. The maximum absolute atomic E-state index is 9.75. The van der Waals surface area contributed by atoms with E-state index in [1.54, 1.807) is 0 Å². The molecule has 0 N–H and O–H groups in total. The van der Waals surface area contributed by atoms with Crippen LogP contribution in [-0.4, -0.2) is 93.9 Å². The molecule has 0 unspecified atom stereocenters. The van der Waals surface area contributed by atoms with Gasteiger partial charge in [0.15, 0.2) is 0 Å². The van der Waals surface area contributed by atoms with Gasteiger partial charge in [-0.25, -0.2) is 0 Å². The van der Waals surface area contributed by atoms with Crippen LogP contribution >= 0.6 is 0 Å². The fourth-order valence-corrected chi connectivity index (χ4v) is 0. The van der Waals surface area contributed by atoms with E-state index in [-0.39, 0.29) is 86.6 Å². The van der Waals surface area contributed by atoms with Gasteiger partial charge in [0.25, 0.3) is 0 Å². The summed E-state index contributed by atoms with van der Waals surface area (Å²) in [5.41, 5.74) is 0. The molecule has 0 radical (unpaired) electrons. The molecule has 0 spiro atoms. The van der Waals surface area contributed by atoms with E-state index >= 15 is 0 Å². The van der Waals surface area contributed by atoms with Crippen molar-refractivity contribution in [2.24, 2.45) is 0 Å². The van der Waals surface area contributed by atoms with Crippen molar-refractivity contribution in [1.29, 1.82) is 0 Å². The zero-order valence-corrected chi connectivity index (χ0v) is 2.09. The SMILES string of the molecule is F[B-](F)(F)F.[BaH2].[CaH2]. The van der Waals surface area contributed by atoms with Crippen molar-refractivity contribution in [2.45, 2.75) is 0 Å². The number of halogens is 4. The van der Waals surface area contributed by atoms with E-state index in [0.717, 1.165) is 0 Å². The summed E-state index contributed by atoms with van der Waals surface area (Å²) in [5.74, 6) is 0. The first-order chi connectivity index (χ1) is 2.00. The van der Waals surface area contributed by atoms with Gasteiger partial charge in [-0.1, -0.05) is 0 Å². The van der Waals surface area contributed by atoms with E-state index in [1.165, 1.54) is 0 Å². The van der Waals surface area contributed by atoms with Gasteiger partial charge in [-0.05, 0) is 0 Å². The van der Waals surface area contributed by atoms with Crippen LogP contribution in [0.1, 0.15) is 0 Å². The van der Waals surface area contributed by atoms with E-state index in [4.69, 9.17) is 0 Å². The molecule has 0 bridgehead atoms. The van der Waals surface area contributed by atoms with Gasteiger partial charge in [0.1, 0.15) is 0 Å². The van der Waals surface area contributed by atoms with Crippen LogP contribution < -0.4 is 0 Å². The zero-order valence-electron chi connectivity index (χ0n) is 2.09. The number of hydrogen-bond donors (Lipinski definition) is 0. The van der Waals surface area contributed by atoms with Crippen LogP contribution in [0.3, 0.4) is 0 Å². The summed E-state index contributed by atoms with van der Waals surface area (Å²) in [7, 11) is -6.00. The fourth-order valence-electron chi connectivity index (χ4n) is 0. The van der Waals surface area contributed by atoms with Crippen LogP contribution in [-0.2, 0) is 0 Å². The Morgan fingerprint density at radius 3 is 0.857 bits per heavy atom. The van der Waals surface area contributed by atoms with Crippen molar-refractivity contribution in [3.63, 3.8) is 0 Å². The molecule has 7 heteroatoms. The van der Waals surface area contributed by atoms with Crippen molar-refractivity contribution in [3.05, 3.63) is 0 Å². The Hall–Kier alpha value is 2.62. The normalized spacial score (nSPS) is 8.57. The molecular weight excluding hydrogens is 264 g/mol. The molecule has 0 aromatic carbocycles. The third-order valence-corrected chi connectivity index (χ3v) is 0. The minimum atomic E-state index is -6.00. The summed E-state index contributed by atoms with van der Waals surface area (Å²) in [6, 6.07) is 0. The van der Waals surface area contributed by atoms with E-state index in [2.05, 4.69) is 0 Å². The van der Waals surface area contributed by atoms with Gasteiger partial charge in [-0.15, -0.1) is 0 Å². The minimum absolute atomic E-state index is 0. The molecule has 0 aliphatic rings. The summed E-state index contributed by atoms with van der Waals surface area (Å²) in [5, 5.41) is 0. The van der Waals surface area contributed by atoms with Gasteiger partial charge in [0, 0.05) is 0 Å². The van der Waals surface area contributed by atoms with Crippen LogP contribution in [0, 0.1) is 0 Å². The van der Waals surface area contributed by atoms with E-state index < -0.39 is 7.25 Å². The molecule has 7 heavy (non-hydrogen) atoms. The van der Waals surface area contributed by atoms with E-state index in [9.17, 15) is 17.3 Å². The average Bonchev–Trinajstić information content (AvgIpc) is 0.722. The van der Waals surface area contributed by atoms with Crippen molar-refractivity contribution < 1.29 is 17.3 Å². The van der Waals surface area contributed by atoms with Crippen LogP contribution in [0.15, 0.2) is 0 Å². The van der Waals surface area contributed by atoms with Crippen molar-refractivity contribution in [1.82, 2.24) is 0 Å². The zero-order chi connectivity index (χ0) is 4.50. The second-order valence-corrected chi connectivity index (χ2v) is 0.495. The Bertz CT molecular complexity index is 27.2. The van der Waals surface area contributed by atoms with Gasteiger partial charge < -0.3 is 17.3 Å². The molecule has 0 rings (SSSR count). The Labute approximate surface area is 109 Å². The fraction of sp³-hybridized carbons (Fsp3) is 0. The molecule has 0 aromatic rings. The molecule has 0 fully saturated rings. The predicted octanol–water partition coefficient (Wildman–Crippen LogP) is -0.532. The maximum atomic E-state index is 9.75. The topological polar surface area (TPSA) is 0 Å². The molecule has 0 saturated carbocycles. The quantitative estimate of drug-likeness (QED) is 0.409.